The average molecular weight is 226 g/mol. The Hall–Kier alpha value is -0.120. The lowest BCUT2D eigenvalue weighted by Gasteiger charge is -2.37. The van der Waals surface area contributed by atoms with Crippen LogP contribution in [0, 0.1) is 11.8 Å². The molecule has 0 spiro atoms. The molecule has 0 aromatic heterocycles. The summed E-state index contributed by atoms with van der Waals surface area (Å²) < 4.78 is 5.33. The average Bonchev–Trinajstić information content (AvgIpc) is 3.04. The number of nitrogens with zero attached hydrogens (tertiary/aromatic N) is 1. The Balaban J connectivity index is 1.82. The first-order valence-corrected chi connectivity index (χ1v) is 6.64. The highest BCUT2D eigenvalue weighted by molar-refractivity contribution is 4.91. The third-order valence-corrected chi connectivity index (χ3v) is 4.07. The van der Waals surface area contributed by atoms with E-state index in [0.29, 0.717) is 12.1 Å². The molecule has 94 valence electrons. The number of methoxy groups -OCH3 is 1. The van der Waals surface area contributed by atoms with Gasteiger partial charge in [0.15, 0.2) is 0 Å². The topological polar surface area (TPSA) is 24.5 Å². The fraction of sp³-hybridized carbons (Fsp3) is 1.00. The molecule has 0 aromatic rings. The molecule has 16 heavy (non-hydrogen) atoms. The van der Waals surface area contributed by atoms with Gasteiger partial charge in [0, 0.05) is 25.7 Å². The van der Waals surface area contributed by atoms with Crippen LogP contribution in [0.15, 0.2) is 0 Å². The maximum atomic E-state index is 5.33. The highest BCUT2D eigenvalue weighted by atomic mass is 16.5. The van der Waals surface area contributed by atoms with Gasteiger partial charge in [0.2, 0.25) is 0 Å². The predicted octanol–water partition coefficient (Wildman–Crippen LogP) is 1.34. The molecule has 0 aromatic carbocycles. The Labute approximate surface area is 99.5 Å². The van der Waals surface area contributed by atoms with Gasteiger partial charge in [0.25, 0.3) is 0 Å². The summed E-state index contributed by atoms with van der Waals surface area (Å²) in [6, 6.07) is 1.29. The summed E-state index contributed by atoms with van der Waals surface area (Å²) in [4.78, 5) is 2.44. The van der Waals surface area contributed by atoms with Crippen molar-refractivity contribution in [2.24, 2.45) is 11.8 Å². The first-order chi connectivity index (χ1) is 7.70. The third kappa shape index (κ3) is 3.19. The van der Waals surface area contributed by atoms with Gasteiger partial charge < -0.3 is 15.0 Å². The molecule has 1 saturated heterocycles. The molecule has 0 radical (unpaired) electrons. The lowest BCUT2D eigenvalue weighted by atomic mass is 9.93. The quantitative estimate of drug-likeness (QED) is 0.765. The van der Waals surface area contributed by atoms with E-state index in [1.807, 2.05) is 7.11 Å². The van der Waals surface area contributed by atoms with E-state index in [2.05, 4.69) is 24.2 Å². The van der Waals surface area contributed by atoms with Crippen molar-refractivity contribution in [1.29, 1.82) is 0 Å². The van der Waals surface area contributed by atoms with Crippen molar-refractivity contribution in [3.63, 3.8) is 0 Å². The number of nitrogens with one attached hydrogen (secondary N) is 1. The van der Waals surface area contributed by atoms with E-state index >= 15 is 0 Å². The highest BCUT2D eigenvalue weighted by Gasteiger charge is 2.34. The predicted molar refractivity (Wildman–Crippen MR) is 66.6 cm³/mol. The smallest absolute Gasteiger partial charge is 0.0618 e. The van der Waals surface area contributed by atoms with Gasteiger partial charge in [-0.05, 0) is 44.7 Å². The molecule has 0 amide bonds. The SMILES string of the molecule is COCC(NC1CCN(C)CC1C)C1CC1. The summed E-state index contributed by atoms with van der Waals surface area (Å²) in [6.07, 6.45) is 4.06. The zero-order valence-corrected chi connectivity index (χ0v) is 10.9. The zero-order chi connectivity index (χ0) is 11.5. The second kappa shape index (κ2) is 5.48. The van der Waals surface area contributed by atoms with Crippen molar-refractivity contribution in [3.8, 4) is 0 Å². The Kier molecular flexibility index (Phi) is 4.22. The molecule has 3 nitrogen and oxygen atoms in total. The molecular formula is C13H26N2O. The summed E-state index contributed by atoms with van der Waals surface area (Å²) in [7, 11) is 4.04. The van der Waals surface area contributed by atoms with Gasteiger partial charge in [-0.25, -0.2) is 0 Å². The van der Waals surface area contributed by atoms with E-state index in [0.717, 1.165) is 18.4 Å². The van der Waals surface area contributed by atoms with Crippen LogP contribution in [-0.2, 0) is 4.74 Å². The lowest BCUT2D eigenvalue weighted by Crippen LogP contribution is -2.51. The van der Waals surface area contributed by atoms with Gasteiger partial charge in [0.05, 0.1) is 6.61 Å². The van der Waals surface area contributed by atoms with Crippen LogP contribution in [0.4, 0.5) is 0 Å². The molecule has 1 saturated carbocycles. The number of hydrogen-bond acceptors (Lipinski definition) is 3. The minimum atomic E-state index is 0.598. The third-order valence-electron chi connectivity index (χ3n) is 4.07. The van der Waals surface area contributed by atoms with Crippen molar-refractivity contribution >= 4 is 0 Å². The molecule has 3 unspecified atom stereocenters. The molecule has 3 atom stereocenters. The van der Waals surface area contributed by atoms with E-state index in [-0.39, 0.29) is 0 Å². The van der Waals surface area contributed by atoms with Crippen LogP contribution in [0.5, 0.6) is 0 Å². The fourth-order valence-electron chi connectivity index (χ4n) is 2.88. The summed E-state index contributed by atoms with van der Waals surface area (Å²) in [5.41, 5.74) is 0. The van der Waals surface area contributed by atoms with E-state index in [4.69, 9.17) is 4.74 Å². The second-order valence-electron chi connectivity index (χ2n) is 5.70. The molecule has 1 aliphatic heterocycles. The van der Waals surface area contributed by atoms with Gasteiger partial charge >= 0.3 is 0 Å². The molecule has 3 heteroatoms. The Morgan fingerprint density at radius 1 is 1.38 bits per heavy atom. The minimum absolute atomic E-state index is 0.598. The van der Waals surface area contributed by atoms with Crippen LogP contribution >= 0.6 is 0 Å². The van der Waals surface area contributed by atoms with Crippen LogP contribution in [-0.4, -0.2) is 50.8 Å². The molecular weight excluding hydrogens is 200 g/mol. The highest BCUT2D eigenvalue weighted by Crippen LogP contribution is 2.33. The van der Waals surface area contributed by atoms with Crippen molar-refractivity contribution in [2.45, 2.75) is 38.3 Å². The molecule has 2 rings (SSSR count). The van der Waals surface area contributed by atoms with Crippen molar-refractivity contribution in [2.75, 3.05) is 33.9 Å². The largest absolute Gasteiger partial charge is 0.383 e. The van der Waals surface area contributed by atoms with Crippen molar-refractivity contribution in [1.82, 2.24) is 10.2 Å². The van der Waals surface area contributed by atoms with E-state index in [1.165, 1.54) is 32.4 Å². The lowest BCUT2D eigenvalue weighted by molar-refractivity contribution is 0.119. The van der Waals surface area contributed by atoms with Gasteiger partial charge in [-0.2, -0.15) is 0 Å². The van der Waals surface area contributed by atoms with Crippen LogP contribution in [0.1, 0.15) is 26.2 Å². The Morgan fingerprint density at radius 3 is 2.69 bits per heavy atom. The number of hydrogen-bond donors (Lipinski definition) is 1. The Bertz CT molecular complexity index is 218. The molecule has 2 fully saturated rings. The first kappa shape index (κ1) is 12.3. The van der Waals surface area contributed by atoms with Crippen LogP contribution in [0.25, 0.3) is 0 Å². The second-order valence-corrected chi connectivity index (χ2v) is 5.70. The normalized spacial score (nSPS) is 33.9. The molecule has 1 heterocycles. The summed E-state index contributed by atoms with van der Waals surface area (Å²) in [5.74, 6) is 1.64. The molecule has 1 N–H and O–H groups in total. The Morgan fingerprint density at radius 2 is 2.12 bits per heavy atom. The van der Waals surface area contributed by atoms with Crippen LogP contribution in [0.3, 0.4) is 0 Å². The minimum Gasteiger partial charge on any atom is -0.383 e. The number of ether oxygens (including phenoxy) is 1. The zero-order valence-electron chi connectivity index (χ0n) is 10.9. The van der Waals surface area contributed by atoms with Crippen molar-refractivity contribution < 1.29 is 4.74 Å². The maximum absolute atomic E-state index is 5.33. The summed E-state index contributed by atoms with van der Waals surface area (Å²) in [6.45, 7) is 5.70. The molecule has 0 bridgehead atoms. The van der Waals surface area contributed by atoms with Crippen LogP contribution < -0.4 is 5.32 Å². The van der Waals surface area contributed by atoms with E-state index < -0.39 is 0 Å². The number of likely N-dealkylation sites (tertiary alicyclic amines) is 1. The van der Waals surface area contributed by atoms with E-state index in [9.17, 15) is 0 Å². The monoisotopic (exact) mass is 226 g/mol. The van der Waals surface area contributed by atoms with E-state index in [1.54, 1.807) is 0 Å². The molecule has 2 aliphatic rings. The number of piperidine rings is 1. The van der Waals surface area contributed by atoms with Crippen LogP contribution in [0.2, 0.25) is 0 Å². The van der Waals surface area contributed by atoms with Gasteiger partial charge in [-0.15, -0.1) is 0 Å². The summed E-state index contributed by atoms with van der Waals surface area (Å²) >= 11 is 0. The molecule has 1 aliphatic carbocycles. The standard InChI is InChI=1S/C13H26N2O/c1-10-8-15(2)7-6-12(10)14-13(9-16-3)11-4-5-11/h10-14H,4-9H2,1-3H3. The van der Waals surface area contributed by atoms with Gasteiger partial charge in [-0.1, -0.05) is 6.92 Å². The van der Waals surface area contributed by atoms with Gasteiger partial charge in [0.1, 0.15) is 0 Å². The maximum Gasteiger partial charge on any atom is 0.0618 e. The fourth-order valence-corrected chi connectivity index (χ4v) is 2.88. The summed E-state index contributed by atoms with van der Waals surface area (Å²) in [5, 5.41) is 3.84. The van der Waals surface area contributed by atoms with Gasteiger partial charge in [-0.3, -0.25) is 0 Å². The number of rotatable bonds is 5. The first-order valence-electron chi connectivity index (χ1n) is 6.64. The van der Waals surface area contributed by atoms with Crippen molar-refractivity contribution in [3.05, 3.63) is 0 Å².